The molecule has 0 unspecified atom stereocenters. The molecule has 0 aliphatic carbocycles. The largest absolute Gasteiger partial charge is 0.357 e. The van der Waals surface area contributed by atoms with Gasteiger partial charge in [-0.25, -0.2) is 9.97 Å². The highest BCUT2D eigenvalue weighted by Crippen LogP contribution is 2.43. The molecular weight excluding hydrogens is 1750 g/mol. The number of unbranched alkanes of at least 4 members (excludes halogenated alkanes) is 80. The molecule has 8 heteroatoms. The fourth-order valence-corrected chi connectivity index (χ4v) is 23.9. The molecule has 0 saturated heterocycles. The highest BCUT2D eigenvalue weighted by molar-refractivity contribution is 6.07. The summed E-state index contributed by atoms with van der Waals surface area (Å²) in [4.78, 5) is 47.7. The van der Waals surface area contributed by atoms with Crippen molar-refractivity contribution in [3.8, 4) is 45.6 Å². The Morgan fingerprint density at radius 1 is 0.125 bits per heavy atom. The second-order valence-corrected chi connectivity index (χ2v) is 46.4. The Kier molecular flexibility index (Phi) is 67.8. The summed E-state index contributed by atoms with van der Waals surface area (Å²) in [5.41, 5.74) is 19.1. The molecule has 3 aromatic heterocycles. The highest BCUT2D eigenvalue weighted by Gasteiger charge is 2.24. The summed E-state index contributed by atoms with van der Waals surface area (Å²) in [7, 11) is 0. The van der Waals surface area contributed by atoms with Crippen molar-refractivity contribution in [3.63, 3.8) is 0 Å². The van der Waals surface area contributed by atoms with E-state index in [2.05, 4.69) is 104 Å². The van der Waals surface area contributed by atoms with Crippen molar-refractivity contribution in [2.45, 2.75) is 672 Å². The summed E-state index contributed by atoms with van der Waals surface area (Å²) in [5.74, 6) is 2.90. The topological polar surface area (TPSA) is 106 Å². The van der Waals surface area contributed by atoms with Gasteiger partial charge in [0.15, 0.2) is 0 Å². The Morgan fingerprint density at radius 2 is 0.229 bits per heavy atom. The normalized spacial score (nSPS) is 12.1. The van der Waals surface area contributed by atoms with E-state index in [0.717, 1.165) is 141 Å². The Bertz CT molecular complexity index is 4010. The van der Waals surface area contributed by atoms with E-state index in [9.17, 15) is 0 Å². The Labute approximate surface area is 888 Å². The van der Waals surface area contributed by atoms with Gasteiger partial charge in [0.1, 0.15) is 0 Å². The SMILES string of the molecule is CCCCCCCCCCCCCc1cc2c(cc1CCCCCCCCCCCCC)-c1nc-2nc2[n-]c(nc3nc(nc4[n-]c(n1)c1cc(CCCCCCCCCCCCC)c(CCCCCCCCCCCCC)cc41)-c1cc(CCCCCCCCCCCCC)c(CCCCCCCCCCCCC)cc1-3)c1cc(CCCCCCCCCCCCC)c(CCCCCCCCCCCCC)cc21. The van der Waals surface area contributed by atoms with Gasteiger partial charge in [-0.3, -0.25) is 0 Å². The molecule has 0 spiro atoms. The molecule has 9 rings (SSSR count). The van der Waals surface area contributed by atoms with Gasteiger partial charge in [0.2, 0.25) is 0 Å². The van der Waals surface area contributed by atoms with E-state index in [4.69, 9.17) is 39.9 Å². The number of aromatic nitrogens is 8. The Hall–Kier alpha value is -5.76. The van der Waals surface area contributed by atoms with Crippen molar-refractivity contribution < 1.29 is 0 Å². The fourth-order valence-electron chi connectivity index (χ4n) is 23.9. The van der Waals surface area contributed by atoms with Crippen LogP contribution in [0.25, 0.3) is 89.7 Å². The van der Waals surface area contributed by atoms with Crippen LogP contribution in [0, 0.1) is 0 Å². The second-order valence-electron chi connectivity index (χ2n) is 46.4. The zero-order valence-electron chi connectivity index (χ0n) is 96.1. The summed E-state index contributed by atoms with van der Waals surface area (Å²) < 4.78 is 0. The average Bonchev–Trinajstić information content (AvgIpc) is 1.58. The lowest BCUT2D eigenvalue weighted by molar-refractivity contribution is 0.547. The fraction of sp³-hybridized carbons (Fsp3) is 0.765. The van der Waals surface area contributed by atoms with Crippen molar-refractivity contribution in [3.05, 3.63) is 93.0 Å². The number of benzene rings is 4. The van der Waals surface area contributed by atoms with Crippen LogP contribution in [0.4, 0.5) is 0 Å². The molecule has 2 aliphatic heterocycles. The summed E-state index contributed by atoms with van der Waals surface area (Å²) in [5, 5.41) is 4.38. The lowest BCUT2D eigenvalue weighted by Crippen LogP contribution is -1.98. The van der Waals surface area contributed by atoms with Crippen molar-refractivity contribution in [2.24, 2.45) is 0 Å². The number of rotatable bonds is 96. The first-order chi connectivity index (χ1) is 71.3. The number of fused-ring (bicyclic) bond motifs is 20. The van der Waals surface area contributed by atoms with Gasteiger partial charge in [0, 0.05) is 44.8 Å². The monoisotopic (exact) mass is 1970 g/mol. The predicted molar refractivity (Wildman–Crippen MR) is 635 cm³/mol. The Morgan fingerprint density at radius 3 is 0.347 bits per heavy atom. The third-order valence-corrected chi connectivity index (χ3v) is 33.4. The van der Waals surface area contributed by atoms with Gasteiger partial charge < -0.3 is 29.9 Å². The lowest BCUT2D eigenvalue weighted by Gasteiger charge is -2.14. The van der Waals surface area contributed by atoms with Gasteiger partial charge in [-0.1, -0.05) is 569 Å². The van der Waals surface area contributed by atoms with Crippen LogP contribution in [0.2, 0.25) is 0 Å². The molecule has 0 amide bonds. The number of nitrogens with zero attached hydrogens (tertiary/aromatic N) is 8. The molecule has 144 heavy (non-hydrogen) atoms. The number of hydrogen-bond acceptors (Lipinski definition) is 6. The van der Waals surface area contributed by atoms with E-state index in [-0.39, 0.29) is 0 Å². The van der Waals surface area contributed by atoms with Crippen LogP contribution >= 0.6 is 0 Å². The van der Waals surface area contributed by atoms with Crippen LogP contribution in [-0.4, -0.2) is 29.9 Å². The lowest BCUT2D eigenvalue weighted by atomic mass is 9.91. The van der Waals surface area contributed by atoms with Gasteiger partial charge in [-0.05, 0) is 217 Å². The molecule has 7 aromatic rings. The van der Waals surface area contributed by atoms with Crippen molar-refractivity contribution >= 4 is 44.1 Å². The quantitative estimate of drug-likeness (QED) is 0.0347. The van der Waals surface area contributed by atoms with E-state index in [1.165, 1.54) is 610 Å². The molecule has 0 saturated carbocycles. The molecule has 5 heterocycles. The molecule has 810 valence electrons. The number of aryl methyl sites for hydroxylation is 8. The van der Waals surface area contributed by atoms with Crippen molar-refractivity contribution in [1.82, 2.24) is 39.9 Å². The molecule has 0 radical (unpaired) electrons. The maximum Gasteiger partial charge on any atom is 0.0927 e. The van der Waals surface area contributed by atoms with E-state index >= 15 is 0 Å². The van der Waals surface area contributed by atoms with Crippen LogP contribution in [0.5, 0.6) is 0 Å². The third kappa shape index (κ3) is 48.7. The summed E-state index contributed by atoms with van der Waals surface area (Å²) >= 11 is 0. The Balaban J connectivity index is 1.25. The van der Waals surface area contributed by atoms with E-state index in [1.807, 2.05) is 0 Å². The molecule has 0 fully saturated rings. The minimum atomic E-state index is 0.726. The van der Waals surface area contributed by atoms with Crippen LogP contribution in [-0.2, 0) is 51.4 Å². The molecule has 8 bridgehead atoms. The minimum absolute atomic E-state index is 0.726. The molecule has 4 aromatic carbocycles. The third-order valence-electron chi connectivity index (χ3n) is 33.4. The van der Waals surface area contributed by atoms with Gasteiger partial charge in [-0.2, -0.15) is 0 Å². The maximum absolute atomic E-state index is 6.03. The first kappa shape index (κ1) is 122. The minimum Gasteiger partial charge on any atom is -0.357 e. The first-order valence-corrected chi connectivity index (χ1v) is 64.7. The maximum atomic E-state index is 6.03. The number of hydrogen-bond donors (Lipinski definition) is 0. The van der Waals surface area contributed by atoms with E-state index < -0.39 is 0 Å². The zero-order valence-corrected chi connectivity index (χ0v) is 96.1. The van der Waals surface area contributed by atoms with Crippen LogP contribution in [0.15, 0.2) is 48.5 Å². The zero-order chi connectivity index (χ0) is 101. The molecular formula is C136H224N8-2. The molecule has 8 nitrogen and oxygen atoms in total. The average molecular weight is 1970 g/mol. The van der Waals surface area contributed by atoms with Crippen molar-refractivity contribution in [1.29, 1.82) is 0 Å². The summed E-state index contributed by atoms with van der Waals surface area (Å²) in [6.07, 6.45) is 127. The van der Waals surface area contributed by atoms with Gasteiger partial charge in [0.25, 0.3) is 0 Å². The van der Waals surface area contributed by atoms with Gasteiger partial charge in [0.05, 0.1) is 23.3 Å². The summed E-state index contributed by atoms with van der Waals surface area (Å²) in [6.45, 7) is 18.7. The molecule has 2 aliphatic rings. The van der Waals surface area contributed by atoms with Gasteiger partial charge in [-0.15, -0.1) is 0 Å². The van der Waals surface area contributed by atoms with Crippen LogP contribution in [0.1, 0.15) is 665 Å². The van der Waals surface area contributed by atoms with Crippen LogP contribution < -0.4 is 9.97 Å². The molecule has 0 N–H and O–H groups in total. The van der Waals surface area contributed by atoms with E-state index in [1.54, 1.807) is 0 Å². The molecule has 0 atom stereocenters. The standard InChI is InChI=1S/C136H224N8/c1-9-17-25-33-41-49-57-65-73-81-89-97-113-105-121-122(106-114(113)98-90-82-74-66-58-50-42-34-26-18-10-2)130-137-129(121)141-131-123-107-115(99-91-83-75-67-59-51-43-35-27-19-11-3)116(100-92-84-76-68-60-52-44-36-28-20-12-4)108-124(123)133(138-131)143-135-127-111-119(103-95-87-79-71-63-55-47-39-31-23-15-7)120(104-96-88-80-72-64-56-48-40-32-24-16-8)112-128(127)136(140-135)144-134-126-110-118(102-94-86-78-70-62-54-46-38-30-22-14-6)117(109-125(126)132(139-134)142-130)101-93-85-77-69-61-53-45-37-29-21-13-5/h105-112H,9-104H2,1-8H3/q-2. The predicted octanol–water partition coefficient (Wildman–Crippen LogP) is 45.0. The highest BCUT2D eigenvalue weighted by atomic mass is 15.1. The van der Waals surface area contributed by atoms with Crippen LogP contribution in [0.3, 0.4) is 0 Å². The van der Waals surface area contributed by atoms with Gasteiger partial charge >= 0.3 is 0 Å². The smallest absolute Gasteiger partial charge is 0.0927 e. The summed E-state index contributed by atoms with van der Waals surface area (Å²) in [6, 6.07) is 20.6. The second kappa shape index (κ2) is 80.2. The van der Waals surface area contributed by atoms with E-state index in [0.29, 0.717) is 0 Å². The first-order valence-electron chi connectivity index (χ1n) is 64.7. The van der Waals surface area contributed by atoms with Crippen molar-refractivity contribution in [2.75, 3.05) is 0 Å².